The topological polar surface area (TPSA) is 40.7 Å². The SMILES string of the molecule is Clc1ccc2nc(C[C@H]3CCCNC3)[nH]c2c1. The first-order valence-corrected chi connectivity index (χ1v) is 6.54. The van der Waals surface area contributed by atoms with E-state index >= 15 is 0 Å². The molecule has 1 aromatic heterocycles. The first-order chi connectivity index (χ1) is 8.31. The zero-order valence-electron chi connectivity index (χ0n) is 9.67. The number of aromatic nitrogens is 2. The van der Waals surface area contributed by atoms with Crippen LogP contribution in [0.4, 0.5) is 0 Å². The normalized spacial score (nSPS) is 20.9. The quantitative estimate of drug-likeness (QED) is 0.859. The van der Waals surface area contributed by atoms with Gasteiger partial charge in [-0.3, -0.25) is 0 Å². The number of halogens is 1. The molecule has 0 spiro atoms. The lowest BCUT2D eigenvalue weighted by Gasteiger charge is -2.21. The Morgan fingerprint density at radius 2 is 2.35 bits per heavy atom. The molecule has 1 aromatic carbocycles. The van der Waals surface area contributed by atoms with Gasteiger partial charge in [0.05, 0.1) is 11.0 Å². The number of hydrogen-bond acceptors (Lipinski definition) is 2. The second-order valence-corrected chi connectivity index (χ2v) is 5.20. The minimum Gasteiger partial charge on any atom is -0.342 e. The second kappa shape index (κ2) is 4.67. The third-order valence-corrected chi connectivity index (χ3v) is 3.61. The van der Waals surface area contributed by atoms with Crippen molar-refractivity contribution in [1.82, 2.24) is 15.3 Å². The molecule has 1 aliphatic rings. The van der Waals surface area contributed by atoms with Crippen LogP contribution in [0.2, 0.25) is 5.02 Å². The summed E-state index contributed by atoms with van der Waals surface area (Å²) in [5.74, 6) is 1.79. The van der Waals surface area contributed by atoms with Crippen molar-refractivity contribution < 1.29 is 0 Å². The maximum absolute atomic E-state index is 5.96. The predicted octanol–water partition coefficient (Wildman–Crippen LogP) is 2.76. The lowest BCUT2D eigenvalue weighted by molar-refractivity contribution is 0.371. The summed E-state index contributed by atoms with van der Waals surface area (Å²) in [6.07, 6.45) is 3.60. The molecule has 1 aliphatic heterocycles. The molecule has 2 N–H and O–H groups in total. The number of hydrogen-bond donors (Lipinski definition) is 2. The van der Waals surface area contributed by atoms with Crippen LogP contribution in [0.5, 0.6) is 0 Å². The summed E-state index contributed by atoms with van der Waals surface area (Å²) < 4.78 is 0. The number of nitrogens with one attached hydrogen (secondary N) is 2. The van der Waals surface area contributed by atoms with Crippen molar-refractivity contribution in [2.75, 3.05) is 13.1 Å². The predicted molar refractivity (Wildman–Crippen MR) is 70.4 cm³/mol. The summed E-state index contributed by atoms with van der Waals surface area (Å²) in [6, 6.07) is 5.79. The number of aromatic amines is 1. The van der Waals surface area contributed by atoms with Crippen LogP contribution >= 0.6 is 11.6 Å². The number of nitrogens with zero attached hydrogens (tertiary/aromatic N) is 1. The zero-order chi connectivity index (χ0) is 11.7. The highest BCUT2D eigenvalue weighted by atomic mass is 35.5. The first-order valence-electron chi connectivity index (χ1n) is 6.16. The van der Waals surface area contributed by atoms with Crippen LogP contribution in [0.3, 0.4) is 0 Å². The van der Waals surface area contributed by atoms with Crippen molar-refractivity contribution in [3.05, 3.63) is 29.0 Å². The third kappa shape index (κ3) is 2.45. The average molecular weight is 250 g/mol. The molecule has 0 aliphatic carbocycles. The Bertz CT molecular complexity index is 514. The van der Waals surface area contributed by atoms with Gasteiger partial charge in [-0.1, -0.05) is 11.6 Å². The van der Waals surface area contributed by atoms with Crippen LogP contribution in [0.1, 0.15) is 18.7 Å². The van der Waals surface area contributed by atoms with Crippen molar-refractivity contribution >= 4 is 22.6 Å². The molecule has 90 valence electrons. The van der Waals surface area contributed by atoms with Crippen LogP contribution in [-0.2, 0) is 6.42 Å². The lowest BCUT2D eigenvalue weighted by atomic mass is 9.96. The first kappa shape index (κ1) is 11.1. The highest BCUT2D eigenvalue weighted by Crippen LogP contribution is 2.20. The van der Waals surface area contributed by atoms with Crippen molar-refractivity contribution in [2.45, 2.75) is 19.3 Å². The number of rotatable bonds is 2. The third-order valence-electron chi connectivity index (χ3n) is 3.37. The minimum atomic E-state index is 0.708. The maximum Gasteiger partial charge on any atom is 0.107 e. The molecule has 0 radical (unpaired) electrons. The van der Waals surface area contributed by atoms with Crippen molar-refractivity contribution in [2.24, 2.45) is 5.92 Å². The van der Waals surface area contributed by atoms with Crippen molar-refractivity contribution in [1.29, 1.82) is 0 Å². The Kier molecular flexibility index (Phi) is 3.04. The Morgan fingerprint density at radius 3 is 3.18 bits per heavy atom. The highest BCUT2D eigenvalue weighted by Gasteiger charge is 2.15. The van der Waals surface area contributed by atoms with Gasteiger partial charge in [-0.25, -0.2) is 4.98 Å². The van der Waals surface area contributed by atoms with Gasteiger partial charge in [-0.2, -0.15) is 0 Å². The summed E-state index contributed by atoms with van der Waals surface area (Å²) in [5, 5.41) is 4.19. The summed E-state index contributed by atoms with van der Waals surface area (Å²) in [4.78, 5) is 7.97. The van der Waals surface area contributed by atoms with Gasteiger partial charge >= 0.3 is 0 Å². The number of imidazole rings is 1. The Hall–Kier alpha value is -1.06. The molecular formula is C13H16ClN3. The van der Waals surface area contributed by atoms with E-state index in [2.05, 4.69) is 15.3 Å². The summed E-state index contributed by atoms with van der Waals surface area (Å²) in [7, 11) is 0. The van der Waals surface area contributed by atoms with Crippen LogP contribution in [0, 0.1) is 5.92 Å². The van der Waals surface area contributed by atoms with E-state index < -0.39 is 0 Å². The maximum atomic E-state index is 5.96. The molecule has 1 saturated heterocycles. The van der Waals surface area contributed by atoms with Gasteiger partial charge in [0, 0.05) is 11.4 Å². The molecule has 3 rings (SSSR count). The molecule has 4 heteroatoms. The Morgan fingerprint density at radius 1 is 1.41 bits per heavy atom. The molecule has 1 atom stereocenters. The van der Waals surface area contributed by atoms with Crippen LogP contribution in [0.25, 0.3) is 11.0 Å². The largest absolute Gasteiger partial charge is 0.342 e. The van der Waals surface area contributed by atoms with Gasteiger partial charge in [0.15, 0.2) is 0 Å². The molecule has 0 saturated carbocycles. The average Bonchev–Trinajstić information content (AvgIpc) is 2.71. The van der Waals surface area contributed by atoms with E-state index in [4.69, 9.17) is 11.6 Å². The van der Waals surface area contributed by atoms with Crippen LogP contribution < -0.4 is 5.32 Å². The molecule has 17 heavy (non-hydrogen) atoms. The summed E-state index contributed by atoms with van der Waals surface area (Å²) in [6.45, 7) is 2.27. The fourth-order valence-electron chi connectivity index (χ4n) is 2.50. The Balaban J connectivity index is 1.80. The lowest BCUT2D eigenvalue weighted by Crippen LogP contribution is -2.31. The molecule has 0 amide bonds. The fourth-order valence-corrected chi connectivity index (χ4v) is 2.68. The monoisotopic (exact) mass is 249 g/mol. The molecule has 0 unspecified atom stereocenters. The number of benzene rings is 1. The Labute approximate surface area is 106 Å². The van der Waals surface area contributed by atoms with Crippen LogP contribution in [-0.4, -0.2) is 23.1 Å². The number of fused-ring (bicyclic) bond motifs is 1. The zero-order valence-corrected chi connectivity index (χ0v) is 10.4. The fraction of sp³-hybridized carbons (Fsp3) is 0.462. The van der Waals surface area contributed by atoms with Crippen LogP contribution in [0.15, 0.2) is 18.2 Å². The molecule has 1 fully saturated rings. The van der Waals surface area contributed by atoms with Gasteiger partial charge < -0.3 is 10.3 Å². The molecule has 2 heterocycles. The van der Waals surface area contributed by atoms with E-state index in [9.17, 15) is 0 Å². The van der Waals surface area contributed by atoms with E-state index in [-0.39, 0.29) is 0 Å². The van der Waals surface area contributed by atoms with Gasteiger partial charge in [0.2, 0.25) is 0 Å². The highest BCUT2D eigenvalue weighted by molar-refractivity contribution is 6.31. The number of piperidine rings is 1. The second-order valence-electron chi connectivity index (χ2n) is 4.76. The minimum absolute atomic E-state index is 0.708. The molecule has 3 nitrogen and oxygen atoms in total. The summed E-state index contributed by atoms with van der Waals surface area (Å²) in [5.41, 5.74) is 2.05. The van der Waals surface area contributed by atoms with Gasteiger partial charge in [-0.05, 0) is 50.0 Å². The van der Waals surface area contributed by atoms with E-state index in [0.717, 1.165) is 41.4 Å². The molecule has 0 bridgehead atoms. The van der Waals surface area contributed by atoms with Crippen molar-refractivity contribution in [3.8, 4) is 0 Å². The smallest absolute Gasteiger partial charge is 0.107 e. The van der Waals surface area contributed by atoms with E-state index in [1.54, 1.807) is 0 Å². The molecule has 2 aromatic rings. The standard InChI is InChI=1S/C13H16ClN3/c14-10-3-4-11-12(7-10)17-13(16-11)6-9-2-1-5-15-8-9/h3-4,7,9,15H,1-2,5-6,8H2,(H,16,17)/t9-/m1/s1. The van der Waals surface area contributed by atoms with Gasteiger partial charge in [-0.15, -0.1) is 0 Å². The van der Waals surface area contributed by atoms with Gasteiger partial charge in [0.25, 0.3) is 0 Å². The number of H-pyrrole nitrogens is 1. The van der Waals surface area contributed by atoms with E-state index in [1.165, 1.54) is 12.8 Å². The van der Waals surface area contributed by atoms with Gasteiger partial charge in [0.1, 0.15) is 5.82 Å². The van der Waals surface area contributed by atoms with E-state index in [0.29, 0.717) is 5.92 Å². The molecular weight excluding hydrogens is 234 g/mol. The van der Waals surface area contributed by atoms with Crippen molar-refractivity contribution in [3.63, 3.8) is 0 Å². The summed E-state index contributed by atoms with van der Waals surface area (Å²) >= 11 is 5.96. The van der Waals surface area contributed by atoms with E-state index in [1.807, 2.05) is 18.2 Å².